The van der Waals surface area contributed by atoms with Crippen molar-refractivity contribution in [2.24, 2.45) is 0 Å². The molecule has 1 fully saturated rings. The van der Waals surface area contributed by atoms with Gasteiger partial charge in [-0.3, -0.25) is 0 Å². The zero-order chi connectivity index (χ0) is 31.4. The van der Waals surface area contributed by atoms with Crippen molar-refractivity contribution < 1.29 is 23.7 Å². The second-order valence-electron chi connectivity index (χ2n) is 11.4. The summed E-state index contributed by atoms with van der Waals surface area (Å²) in [6.07, 6.45) is -1.89. The van der Waals surface area contributed by atoms with Crippen molar-refractivity contribution in [3.63, 3.8) is 0 Å². The Bertz CT molecular complexity index is 1570. The number of thioether (sulfide) groups is 1. The van der Waals surface area contributed by atoms with Gasteiger partial charge in [-0.2, -0.15) is 0 Å². The fourth-order valence-electron chi connectivity index (χ4n) is 5.43. The predicted molar refractivity (Wildman–Crippen MR) is 183 cm³/mol. The number of ether oxygens (including phenoxy) is 5. The maximum atomic E-state index is 6.88. The molecule has 5 nitrogen and oxygen atoms in total. The molecular formula is C40H40O5S. The van der Waals surface area contributed by atoms with Crippen molar-refractivity contribution in [2.45, 2.75) is 61.5 Å². The van der Waals surface area contributed by atoms with Gasteiger partial charge in [0, 0.05) is 4.90 Å². The number of hydrogen-bond donors (Lipinski definition) is 0. The lowest BCUT2D eigenvalue weighted by Crippen LogP contribution is -2.60. The van der Waals surface area contributed by atoms with E-state index in [1.807, 2.05) is 84.9 Å². The van der Waals surface area contributed by atoms with Crippen molar-refractivity contribution in [1.29, 1.82) is 0 Å². The van der Waals surface area contributed by atoms with Gasteiger partial charge in [-0.05, 0) is 47.9 Å². The second kappa shape index (κ2) is 16.6. The third-order valence-corrected chi connectivity index (χ3v) is 9.15. The fourth-order valence-corrected chi connectivity index (χ4v) is 6.64. The molecule has 46 heavy (non-hydrogen) atoms. The van der Waals surface area contributed by atoms with Gasteiger partial charge in [0.15, 0.2) is 0 Å². The van der Waals surface area contributed by atoms with E-state index in [-0.39, 0.29) is 11.4 Å². The minimum Gasteiger partial charge on any atom is -0.464 e. The topological polar surface area (TPSA) is 46.2 Å². The van der Waals surface area contributed by atoms with Gasteiger partial charge in [0.05, 0.1) is 26.4 Å². The van der Waals surface area contributed by atoms with E-state index in [1.165, 1.54) is 5.56 Å². The molecule has 5 aromatic rings. The van der Waals surface area contributed by atoms with Crippen LogP contribution in [0.5, 0.6) is 5.75 Å². The standard InChI is InChI=1S/C40H40O5S/c1-30-22-24-35(25-23-30)46-39-38(43-28-33-18-10-4-11-19-33)37(42-27-32-16-8-3-9-17-32)36(29-41-26-31-14-6-2-7-15-31)45-40(39)44-34-20-12-5-13-21-34/h2-25,36-40H,26-29H2,1H3/t36-,37-,38+,39-,40-/m1/s1. The molecule has 0 saturated carbocycles. The minimum atomic E-state index is -0.628. The van der Waals surface area contributed by atoms with E-state index < -0.39 is 18.5 Å². The lowest BCUT2D eigenvalue weighted by Gasteiger charge is -2.45. The largest absolute Gasteiger partial charge is 0.464 e. The molecule has 0 radical (unpaired) electrons. The van der Waals surface area contributed by atoms with Gasteiger partial charge in [-0.25, -0.2) is 0 Å². The van der Waals surface area contributed by atoms with Gasteiger partial charge in [0.1, 0.15) is 29.3 Å². The monoisotopic (exact) mass is 632 g/mol. The first-order chi connectivity index (χ1) is 22.7. The van der Waals surface area contributed by atoms with Crippen molar-refractivity contribution in [2.75, 3.05) is 6.61 Å². The Morgan fingerprint density at radius 1 is 0.565 bits per heavy atom. The summed E-state index contributed by atoms with van der Waals surface area (Å²) < 4.78 is 33.4. The van der Waals surface area contributed by atoms with E-state index in [4.69, 9.17) is 23.7 Å². The van der Waals surface area contributed by atoms with Crippen LogP contribution in [0.25, 0.3) is 0 Å². The normalized spacial score (nSPS) is 21.1. The first-order valence-electron chi connectivity index (χ1n) is 15.7. The lowest BCUT2D eigenvalue weighted by molar-refractivity contribution is -0.253. The summed E-state index contributed by atoms with van der Waals surface area (Å²) in [6, 6.07) is 49.0. The Morgan fingerprint density at radius 2 is 1.07 bits per heavy atom. The molecule has 0 aromatic heterocycles. The van der Waals surface area contributed by atoms with Gasteiger partial charge >= 0.3 is 0 Å². The van der Waals surface area contributed by atoms with Gasteiger partial charge in [-0.15, -0.1) is 11.8 Å². The van der Waals surface area contributed by atoms with Crippen molar-refractivity contribution in [1.82, 2.24) is 0 Å². The van der Waals surface area contributed by atoms with E-state index >= 15 is 0 Å². The molecule has 0 aliphatic carbocycles. The highest BCUT2D eigenvalue weighted by atomic mass is 32.2. The average molecular weight is 633 g/mol. The number of hydrogen-bond acceptors (Lipinski definition) is 6. The molecule has 1 aliphatic heterocycles. The van der Waals surface area contributed by atoms with E-state index in [0.29, 0.717) is 26.4 Å². The third-order valence-electron chi connectivity index (χ3n) is 7.84. The van der Waals surface area contributed by atoms with Crippen LogP contribution < -0.4 is 4.74 Å². The summed E-state index contributed by atoms with van der Waals surface area (Å²) in [6.45, 7) is 3.72. The molecule has 6 heteroatoms. The Hall–Kier alpha value is -3.91. The molecule has 0 spiro atoms. The van der Waals surface area contributed by atoms with Gasteiger partial charge in [0.2, 0.25) is 6.29 Å². The van der Waals surface area contributed by atoms with Crippen LogP contribution in [-0.2, 0) is 38.8 Å². The van der Waals surface area contributed by atoms with E-state index in [2.05, 4.69) is 67.6 Å². The van der Waals surface area contributed by atoms with Crippen LogP contribution in [-0.4, -0.2) is 36.5 Å². The zero-order valence-corrected chi connectivity index (χ0v) is 26.8. The SMILES string of the molecule is Cc1ccc(S[C@H]2[C@H](Oc3ccccc3)O[C@H](COCc3ccccc3)[C@@H](OCc3ccccc3)[C@@H]2OCc2ccccc2)cc1. The van der Waals surface area contributed by atoms with Crippen molar-refractivity contribution >= 4 is 11.8 Å². The number of para-hydroxylation sites is 1. The summed E-state index contributed by atoms with van der Waals surface area (Å²) >= 11 is 1.70. The number of rotatable bonds is 14. The average Bonchev–Trinajstić information content (AvgIpc) is 3.10. The van der Waals surface area contributed by atoms with E-state index in [1.54, 1.807) is 11.8 Å². The molecule has 0 amide bonds. The molecule has 0 unspecified atom stereocenters. The molecule has 5 aromatic carbocycles. The summed E-state index contributed by atoms with van der Waals surface area (Å²) in [5.74, 6) is 0.733. The highest BCUT2D eigenvalue weighted by molar-refractivity contribution is 8.00. The molecule has 5 atom stereocenters. The van der Waals surface area contributed by atoms with Crippen molar-refractivity contribution in [3.8, 4) is 5.75 Å². The Morgan fingerprint density at radius 3 is 1.63 bits per heavy atom. The smallest absolute Gasteiger partial charge is 0.215 e. The summed E-state index contributed by atoms with van der Waals surface area (Å²) in [5, 5.41) is -0.252. The highest BCUT2D eigenvalue weighted by Gasteiger charge is 2.49. The Kier molecular flexibility index (Phi) is 11.6. The maximum absolute atomic E-state index is 6.88. The molecule has 0 bridgehead atoms. The molecular weight excluding hydrogens is 593 g/mol. The minimum absolute atomic E-state index is 0.252. The summed E-state index contributed by atoms with van der Waals surface area (Å²) in [5.41, 5.74) is 4.48. The molecule has 236 valence electrons. The quantitative estimate of drug-likeness (QED) is 0.122. The molecule has 0 N–H and O–H groups in total. The molecule has 1 heterocycles. The van der Waals surface area contributed by atoms with Crippen LogP contribution in [0.4, 0.5) is 0 Å². The fraction of sp³-hybridized carbons (Fsp3) is 0.250. The van der Waals surface area contributed by atoms with Gasteiger partial charge in [-0.1, -0.05) is 127 Å². The zero-order valence-electron chi connectivity index (χ0n) is 26.0. The van der Waals surface area contributed by atoms with Crippen LogP contribution >= 0.6 is 11.8 Å². The van der Waals surface area contributed by atoms with Crippen molar-refractivity contribution in [3.05, 3.63) is 168 Å². The summed E-state index contributed by atoms with van der Waals surface area (Å²) in [4.78, 5) is 1.11. The number of aryl methyl sites for hydroxylation is 1. The molecule has 6 rings (SSSR count). The Balaban J connectivity index is 1.33. The van der Waals surface area contributed by atoms with Crippen LogP contribution in [0.15, 0.2) is 150 Å². The van der Waals surface area contributed by atoms with E-state index in [9.17, 15) is 0 Å². The predicted octanol–water partition coefficient (Wildman–Crippen LogP) is 8.65. The van der Waals surface area contributed by atoms with Gasteiger partial charge < -0.3 is 23.7 Å². The highest BCUT2D eigenvalue weighted by Crippen LogP contribution is 2.39. The third kappa shape index (κ3) is 9.09. The maximum Gasteiger partial charge on any atom is 0.215 e. The lowest BCUT2D eigenvalue weighted by atomic mass is 10.00. The van der Waals surface area contributed by atoms with Crippen LogP contribution in [0.1, 0.15) is 22.3 Å². The second-order valence-corrected chi connectivity index (χ2v) is 12.6. The molecule has 1 aliphatic rings. The summed E-state index contributed by atoms with van der Waals surface area (Å²) in [7, 11) is 0. The van der Waals surface area contributed by atoms with Crippen LogP contribution in [0, 0.1) is 6.92 Å². The first kappa shape index (κ1) is 32.0. The first-order valence-corrected chi connectivity index (χ1v) is 16.6. The van der Waals surface area contributed by atoms with Gasteiger partial charge in [0.25, 0.3) is 0 Å². The molecule has 1 saturated heterocycles. The Labute approximate surface area is 276 Å². The van der Waals surface area contributed by atoms with Crippen LogP contribution in [0.3, 0.4) is 0 Å². The van der Waals surface area contributed by atoms with Crippen LogP contribution in [0.2, 0.25) is 0 Å². The van der Waals surface area contributed by atoms with E-state index in [0.717, 1.165) is 27.3 Å². The number of benzene rings is 5.